The van der Waals surface area contributed by atoms with E-state index in [1.165, 1.54) is 18.2 Å². The molecule has 1 aromatic carbocycles. The molecule has 1 aromatic rings. The van der Waals surface area contributed by atoms with E-state index >= 15 is 0 Å². The molecule has 128 valence electrons. The van der Waals surface area contributed by atoms with E-state index < -0.39 is 5.97 Å². The molecule has 0 saturated heterocycles. The number of esters is 1. The minimum atomic E-state index is -0.680. The Kier molecular flexibility index (Phi) is 7.16. The molecule has 6 heteroatoms. The first kappa shape index (κ1) is 18.4. The van der Waals surface area contributed by atoms with Crippen molar-refractivity contribution in [3.8, 4) is 6.07 Å². The number of hydrogen-bond acceptors (Lipinski definition) is 6. The Morgan fingerprint density at radius 3 is 2.83 bits per heavy atom. The van der Waals surface area contributed by atoms with Crippen molar-refractivity contribution in [3.63, 3.8) is 0 Å². The quantitative estimate of drug-likeness (QED) is 0.336. The summed E-state index contributed by atoms with van der Waals surface area (Å²) in [4.78, 5) is 15.2. The van der Waals surface area contributed by atoms with Gasteiger partial charge in [-0.15, -0.1) is 0 Å². The molecule has 1 N–H and O–H groups in total. The molecule has 0 aliphatic carbocycles. The third-order valence-electron chi connectivity index (χ3n) is 3.70. The zero-order valence-electron chi connectivity index (χ0n) is 13.8. The second kappa shape index (κ2) is 9.36. The summed E-state index contributed by atoms with van der Waals surface area (Å²) in [5.41, 5.74) is 1.02. The van der Waals surface area contributed by atoms with Gasteiger partial charge in [0.1, 0.15) is 17.7 Å². The number of hydrogen-bond donors (Lipinski definition) is 1. The average Bonchev–Trinajstić information content (AvgIpc) is 2.96. The Morgan fingerprint density at radius 2 is 2.12 bits per heavy atom. The predicted molar refractivity (Wildman–Crippen MR) is 94.5 cm³/mol. The number of rotatable bonds is 8. The lowest BCUT2D eigenvalue weighted by Gasteiger charge is -2.21. The number of aliphatic hydroxyl groups excluding tert-OH is 1. The lowest BCUT2D eigenvalue weighted by molar-refractivity contribution is -0.139. The zero-order chi connectivity index (χ0) is 17.4. The van der Waals surface area contributed by atoms with E-state index in [-0.39, 0.29) is 18.8 Å². The highest BCUT2D eigenvalue weighted by atomic mass is 32.2. The van der Waals surface area contributed by atoms with Crippen LogP contribution in [0, 0.1) is 11.3 Å². The maximum Gasteiger partial charge on any atom is 0.351 e. The minimum absolute atomic E-state index is 0.000131. The van der Waals surface area contributed by atoms with Crippen LogP contribution in [0.3, 0.4) is 0 Å². The number of anilines is 1. The van der Waals surface area contributed by atoms with E-state index in [2.05, 4.69) is 6.92 Å². The van der Waals surface area contributed by atoms with Crippen LogP contribution in [0.4, 0.5) is 5.69 Å². The van der Waals surface area contributed by atoms with Gasteiger partial charge in [0, 0.05) is 11.4 Å². The van der Waals surface area contributed by atoms with Crippen LogP contribution in [0.1, 0.15) is 32.6 Å². The van der Waals surface area contributed by atoms with Crippen LogP contribution in [0.5, 0.6) is 0 Å². The number of fused-ring (bicyclic) bond motifs is 1. The first-order valence-corrected chi connectivity index (χ1v) is 9.01. The second-order valence-electron chi connectivity index (χ2n) is 5.43. The van der Waals surface area contributed by atoms with Crippen LogP contribution in [0.15, 0.2) is 39.8 Å². The fourth-order valence-electron chi connectivity index (χ4n) is 2.53. The molecule has 1 aliphatic heterocycles. The van der Waals surface area contributed by atoms with Gasteiger partial charge in [0.15, 0.2) is 5.57 Å². The fraction of sp³-hybridized carbons (Fsp3) is 0.444. The molecular formula is C18H22N2O3S. The number of thioether (sulfide) groups is 1. The lowest BCUT2D eigenvalue weighted by Crippen LogP contribution is -2.23. The number of unbranched alkanes of at least 4 members (excludes halogenated alkanes) is 3. The second-order valence-corrected chi connectivity index (χ2v) is 6.46. The predicted octanol–water partition coefficient (Wildman–Crippen LogP) is 3.45. The standard InChI is InChI=1S/C18H22N2O3S/c1-2-3-4-7-10-20-15-8-5-6-9-16(15)24-17(20)14(13-19)18(22)23-12-11-21/h5-6,8-9,21H,2-4,7,10-12H2,1H3/b17-14-. The van der Waals surface area contributed by atoms with Crippen LogP contribution in [-0.4, -0.2) is 30.8 Å². The summed E-state index contributed by atoms with van der Waals surface area (Å²) < 4.78 is 4.94. The number of ether oxygens (including phenoxy) is 1. The van der Waals surface area contributed by atoms with Gasteiger partial charge in [-0.2, -0.15) is 5.26 Å². The zero-order valence-corrected chi connectivity index (χ0v) is 14.6. The van der Waals surface area contributed by atoms with Crippen molar-refractivity contribution in [2.75, 3.05) is 24.7 Å². The highest BCUT2D eigenvalue weighted by Crippen LogP contribution is 2.47. The summed E-state index contributed by atoms with van der Waals surface area (Å²) in [6, 6.07) is 9.87. The Bertz CT molecular complexity index is 652. The minimum Gasteiger partial charge on any atom is -0.459 e. The van der Waals surface area contributed by atoms with Gasteiger partial charge in [-0.1, -0.05) is 50.1 Å². The van der Waals surface area contributed by atoms with E-state index in [4.69, 9.17) is 9.84 Å². The summed E-state index contributed by atoms with van der Waals surface area (Å²) in [6.07, 6.45) is 4.44. The Morgan fingerprint density at radius 1 is 1.33 bits per heavy atom. The van der Waals surface area contributed by atoms with Crippen molar-refractivity contribution in [2.45, 2.75) is 37.5 Å². The SMILES string of the molecule is CCCCCCN1/C(=C(\C#N)C(=O)OCCO)Sc2ccccc21. The van der Waals surface area contributed by atoms with E-state index in [1.807, 2.05) is 35.2 Å². The average molecular weight is 346 g/mol. The van der Waals surface area contributed by atoms with Crippen molar-refractivity contribution in [1.82, 2.24) is 0 Å². The molecule has 0 spiro atoms. The van der Waals surface area contributed by atoms with Crippen molar-refractivity contribution >= 4 is 23.4 Å². The number of carbonyl (C=O) groups is 1. The monoisotopic (exact) mass is 346 g/mol. The van der Waals surface area contributed by atoms with E-state index in [9.17, 15) is 10.1 Å². The van der Waals surface area contributed by atoms with Crippen molar-refractivity contribution < 1.29 is 14.6 Å². The van der Waals surface area contributed by atoms with Crippen molar-refractivity contribution in [1.29, 1.82) is 5.26 Å². The molecule has 0 aromatic heterocycles. The van der Waals surface area contributed by atoms with E-state index in [1.54, 1.807) is 0 Å². The van der Waals surface area contributed by atoms with E-state index in [0.717, 1.165) is 36.4 Å². The van der Waals surface area contributed by atoms with Gasteiger partial charge < -0.3 is 14.7 Å². The van der Waals surface area contributed by atoms with Crippen LogP contribution in [0.2, 0.25) is 0 Å². The number of benzene rings is 1. The van der Waals surface area contributed by atoms with Crippen LogP contribution >= 0.6 is 11.8 Å². The number of nitrogens with zero attached hydrogens (tertiary/aromatic N) is 2. The van der Waals surface area contributed by atoms with Crippen LogP contribution in [0.25, 0.3) is 0 Å². The van der Waals surface area contributed by atoms with Gasteiger partial charge >= 0.3 is 5.97 Å². The summed E-state index contributed by atoms with van der Waals surface area (Å²) in [5.74, 6) is -0.680. The van der Waals surface area contributed by atoms with Crippen molar-refractivity contribution in [2.24, 2.45) is 0 Å². The Balaban J connectivity index is 2.27. The number of aliphatic hydroxyl groups is 1. The molecule has 5 nitrogen and oxygen atoms in total. The van der Waals surface area contributed by atoms with Gasteiger partial charge in [-0.3, -0.25) is 0 Å². The Hall–Kier alpha value is -1.97. The highest BCUT2D eigenvalue weighted by molar-refractivity contribution is 8.03. The summed E-state index contributed by atoms with van der Waals surface area (Å²) in [6.45, 7) is 2.56. The summed E-state index contributed by atoms with van der Waals surface area (Å²) in [5, 5.41) is 18.9. The first-order chi connectivity index (χ1) is 11.7. The van der Waals surface area contributed by atoms with Gasteiger partial charge in [-0.25, -0.2) is 4.79 Å². The molecule has 24 heavy (non-hydrogen) atoms. The van der Waals surface area contributed by atoms with Gasteiger partial charge in [0.05, 0.1) is 12.3 Å². The third kappa shape index (κ3) is 4.31. The fourth-order valence-corrected chi connectivity index (χ4v) is 3.70. The maximum absolute atomic E-state index is 12.1. The largest absolute Gasteiger partial charge is 0.459 e. The molecule has 1 heterocycles. The maximum atomic E-state index is 12.1. The molecule has 1 aliphatic rings. The molecule has 0 fully saturated rings. The number of carbonyl (C=O) groups excluding carboxylic acids is 1. The third-order valence-corrected chi connectivity index (χ3v) is 4.88. The molecule has 2 rings (SSSR count). The molecule has 0 unspecified atom stereocenters. The first-order valence-electron chi connectivity index (χ1n) is 8.19. The lowest BCUT2D eigenvalue weighted by atomic mass is 10.2. The number of para-hydroxylation sites is 1. The van der Waals surface area contributed by atoms with Gasteiger partial charge in [0.25, 0.3) is 0 Å². The summed E-state index contributed by atoms with van der Waals surface area (Å²) in [7, 11) is 0. The molecule has 0 atom stereocenters. The topological polar surface area (TPSA) is 73.6 Å². The molecule has 0 radical (unpaired) electrons. The normalized spacial score (nSPS) is 15.0. The smallest absolute Gasteiger partial charge is 0.351 e. The molecule has 0 bridgehead atoms. The molecule has 0 saturated carbocycles. The van der Waals surface area contributed by atoms with E-state index in [0.29, 0.717) is 5.03 Å². The summed E-state index contributed by atoms with van der Waals surface area (Å²) >= 11 is 1.42. The van der Waals surface area contributed by atoms with Crippen LogP contribution in [-0.2, 0) is 9.53 Å². The van der Waals surface area contributed by atoms with Gasteiger partial charge in [0.2, 0.25) is 0 Å². The molecule has 0 amide bonds. The Labute approximate surface area is 146 Å². The van der Waals surface area contributed by atoms with Crippen LogP contribution < -0.4 is 4.90 Å². The highest BCUT2D eigenvalue weighted by Gasteiger charge is 2.30. The number of nitriles is 1. The van der Waals surface area contributed by atoms with Gasteiger partial charge in [-0.05, 0) is 18.6 Å². The molecular weight excluding hydrogens is 324 g/mol. The van der Waals surface area contributed by atoms with Crippen molar-refractivity contribution in [3.05, 3.63) is 34.9 Å².